The van der Waals surface area contributed by atoms with E-state index in [9.17, 15) is 0 Å². The minimum Gasteiger partial charge on any atom is -0.453 e. The first-order chi connectivity index (χ1) is 11.8. The van der Waals surface area contributed by atoms with E-state index < -0.39 is 0 Å². The maximum Gasteiger partial charge on any atom is 0.198 e. The zero-order valence-electron chi connectivity index (χ0n) is 13.5. The summed E-state index contributed by atoms with van der Waals surface area (Å²) in [7, 11) is 1.93. The zero-order chi connectivity index (χ0) is 16.4. The van der Waals surface area contributed by atoms with Crippen LogP contribution >= 0.6 is 23.1 Å². The number of likely N-dealkylation sites (tertiary alicyclic amines) is 1. The first kappa shape index (κ1) is 15.9. The van der Waals surface area contributed by atoms with Gasteiger partial charge in [0, 0.05) is 18.6 Å². The van der Waals surface area contributed by atoms with Gasteiger partial charge in [0.05, 0.1) is 12.6 Å². The van der Waals surface area contributed by atoms with Crippen LogP contribution in [0.1, 0.15) is 36.1 Å². The highest BCUT2D eigenvalue weighted by Crippen LogP contribution is 2.34. The van der Waals surface area contributed by atoms with Gasteiger partial charge in [0.1, 0.15) is 17.1 Å². The SMILES string of the molecule is Cn1cnnc1Sc1ccc(CN2CCCC[C@@H]2c2nccs2)o1. The Morgan fingerprint density at radius 1 is 1.38 bits per heavy atom. The van der Waals surface area contributed by atoms with E-state index in [2.05, 4.69) is 31.5 Å². The fraction of sp³-hybridized carbons (Fsp3) is 0.438. The van der Waals surface area contributed by atoms with Crippen LogP contribution in [-0.2, 0) is 13.6 Å². The van der Waals surface area contributed by atoms with Crippen LogP contribution in [0.15, 0.2) is 44.7 Å². The van der Waals surface area contributed by atoms with E-state index in [1.54, 1.807) is 17.7 Å². The lowest BCUT2D eigenvalue weighted by molar-refractivity contribution is 0.128. The number of aryl methyl sites for hydroxylation is 1. The van der Waals surface area contributed by atoms with E-state index in [4.69, 9.17) is 4.42 Å². The Morgan fingerprint density at radius 2 is 2.33 bits per heavy atom. The molecule has 1 aliphatic rings. The predicted molar refractivity (Wildman–Crippen MR) is 93.0 cm³/mol. The summed E-state index contributed by atoms with van der Waals surface area (Å²) >= 11 is 3.24. The molecule has 0 saturated carbocycles. The van der Waals surface area contributed by atoms with Crippen LogP contribution in [0.25, 0.3) is 0 Å². The summed E-state index contributed by atoms with van der Waals surface area (Å²) in [6.07, 6.45) is 7.28. The molecule has 4 rings (SSSR count). The Balaban J connectivity index is 1.45. The Labute approximate surface area is 148 Å². The summed E-state index contributed by atoms with van der Waals surface area (Å²) in [6.45, 7) is 1.92. The van der Waals surface area contributed by atoms with Gasteiger partial charge in [0.15, 0.2) is 10.2 Å². The first-order valence-electron chi connectivity index (χ1n) is 8.03. The molecule has 8 heteroatoms. The molecule has 0 amide bonds. The van der Waals surface area contributed by atoms with E-state index in [-0.39, 0.29) is 0 Å². The molecule has 126 valence electrons. The largest absolute Gasteiger partial charge is 0.453 e. The van der Waals surface area contributed by atoms with Crippen LogP contribution in [-0.4, -0.2) is 31.2 Å². The molecule has 0 radical (unpaired) electrons. The average molecular weight is 361 g/mol. The van der Waals surface area contributed by atoms with Crippen molar-refractivity contribution < 1.29 is 4.42 Å². The van der Waals surface area contributed by atoms with Crippen molar-refractivity contribution >= 4 is 23.1 Å². The number of nitrogens with zero attached hydrogens (tertiary/aromatic N) is 5. The Hall–Kier alpha value is -1.64. The molecular weight excluding hydrogens is 342 g/mol. The number of furan rings is 1. The lowest BCUT2D eigenvalue weighted by Gasteiger charge is -2.33. The number of thiazole rings is 1. The van der Waals surface area contributed by atoms with Crippen molar-refractivity contribution in [3.63, 3.8) is 0 Å². The predicted octanol–water partition coefficient (Wildman–Crippen LogP) is 3.74. The summed E-state index contributed by atoms with van der Waals surface area (Å²) < 4.78 is 7.89. The monoisotopic (exact) mass is 361 g/mol. The molecule has 0 bridgehead atoms. The van der Waals surface area contributed by atoms with Gasteiger partial charge in [-0.25, -0.2) is 4.98 Å². The Morgan fingerprint density at radius 3 is 3.12 bits per heavy atom. The molecule has 24 heavy (non-hydrogen) atoms. The van der Waals surface area contributed by atoms with Crippen molar-refractivity contribution in [2.24, 2.45) is 7.05 Å². The van der Waals surface area contributed by atoms with Gasteiger partial charge in [-0.15, -0.1) is 21.5 Å². The van der Waals surface area contributed by atoms with Crippen LogP contribution in [0.3, 0.4) is 0 Å². The quantitative estimate of drug-likeness (QED) is 0.690. The van der Waals surface area contributed by atoms with Crippen LogP contribution in [0.4, 0.5) is 0 Å². The Bertz CT molecular complexity index is 782. The minimum absolute atomic E-state index is 0.415. The van der Waals surface area contributed by atoms with Gasteiger partial charge in [-0.05, 0) is 43.3 Å². The first-order valence-corrected chi connectivity index (χ1v) is 9.73. The Kier molecular flexibility index (Phi) is 4.68. The summed E-state index contributed by atoms with van der Waals surface area (Å²) in [5, 5.41) is 12.9. The lowest BCUT2D eigenvalue weighted by atomic mass is 10.0. The fourth-order valence-corrected chi connectivity index (χ4v) is 4.56. The van der Waals surface area contributed by atoms with E-state index in [0.29, 0.717) is 6.04 Å². The van der Waals surface area contributed by atoms with Crippen molar-refractivity contribution in [2.45, 2.75) is 42.1 Å². The molecule has 1 saturated heterocycles. The van der Waals surface area contributed by atoms with Crippen molar-refractivity contribution in [1.82, 2.24) is 24.6 Å². The van der Waals surface area contributed by atoms with Gasteiger partial charge in [-0.1, -0.05) is 6.42 Å². The molecule has 1 fully saturated rings. The van der Waals surface area contributed by atoms with Crippen LogP contribution in [0, 0.1) is 0 Å². The summed E-state index contributed by atoms with van der Waals surface area (Å²) in [4.78, 5) is 7.00. The molecule has 1 atom stereocenters. The molecule has 0 unspecified atom stereocenters. The van der Waals surface area contributed by atoms with Gasteiger partial charge in [0.2, 0.25) is 0 Å². The summed E-state index contributed by atoms with van der Waals surface area (Å²) in [5.41, 5.74) is 0. The van der Waals surface area contributed by atoms with E-state index >= 15 is 0 Å². The molecular formula is C16H19N5OS2. The van der Waals surface area contributed by atoms with Crippen molar-refractivity contribution in [2.75, 3.05) is 6.54 Å². The standard InChI is InChI=1S/C16H19N5OS2/c1-20-11-18-19-16(20)24-14-6-5-12(22-14)10-21-8-3-2-4-13(21)15-17-7-9-23-15/h5-7,9,11,13H,2-4,8,10H2,1H3/t13-/m1/s1. The second-order valence-corrected chi connectivity index (χ2v) is 7.80. The van der Waals surface area contributed by atoms with Crippen LogP contribution in [0.5, 0.6) is 0 Å². The fourth-order valence-electron chi connectivity index (χ4n) is 3.01. The van der Waals surface area contributed by atoms with Crippen molar-refractivity contribution in [3.8, 4) is 0 Å². The molecule has 0 spiro atoms. The van der Waals surface area contributed by atoms with E-state index in [0.717, 1.165) is 29.1 Å². The third-order valence-electron chi connectivity index (χ3n) is 4.21. The molecule has 4 heterocycles. The van der Waals surface area contributed by atoms with Crippen molar-refractivity contribution in [3.05, 3.63) is 40.8 Å². The number of piperidine rings is 1. The average Bonchev–Trinajstić information content (AvgIpc) is 3.32. The van der Waals surface area contributed by atoms with Gasteiger partial charge in [-0.3, -0.25) is 4.90 Å². The van der Waals surface area contributed by atoms with Crippen LogP contribution in [0.2, 0.25) is 0 Å². The second-order valence-electron chi connectivity index (χ2n) is 5.90. The number of hydrogen-bond donors (Lipinski definition) is 0. The topological polar surface area (TPSA) is 60.0 Å². The zero-order valence-corrected chi connectivity index (χ0v) is 15.1. The molecule has 1 aliphatic heterocycles. The van der Waals surface area contributed by atoms with Gasteiger partial charge >= 0.3 is 0 Å². The number of aromatic nitrogens is 4. The maximum absolute atomic E-state index is 6.00. The molecule has 6 nitrogen and oxygen atoms in total. The number of hydrogen-bond acceptors (Lipinski definition) is 7. The van der Waals surface area contributed by atoms with Crippen molar-refractivity contribution in [1.29, 1.82) is 0 Å². The summed E-state index contributed by atoms with van der Waals surface area (Å²) in [6, 6.07) is 4.49. The molecule has 0 N–H and O–H groups in total. The molecule has 0 aromatic carbocycles. The van der Waals surface area contributed by atoms with E-state index in [1.165, 1.54) is 36.0 Å². The van der Waals surface area contributed by atoms with Gasteiger partial charge in [-0.2, -0.15) is 0 Å². The molecule has 3 aromatic rings. The van der Waals surface area contributed by atoms with Gasteiger partial charge in [0.25, 0.3) is 0 Å². The smallest absolute Gasteiger partial charge is 0.198 e. The minimum atomic E-state index is 0.415. The summed E-state index contributed by atoms with van der Waals surface area (Å²) in [5.74, 6) is 0.989. The lowest BCUT2D eigenvalue weighted by Crippen LogP contribution is -2.32. The third kappa shape index (κ3) is 3.40. The highest BCUT2D eigenvalue weighted by atomic mass is 32.2. The maximum atomic E-state index is 6.00. The number of rotatable bonds is 5. The second kappa shape index (κ2) is 7.08. The third-order valence-corrected chi connectivity index (χ3v) is 6.06. The molecule has 0 aliphatic carbocycles. The highest BCUT2D eigenvalue weighted by Gasteiger charge is 2.26. The highest BCUT2D eigenvalue weighted by molar-refractivity contribution is 7.99. The van der Waals surface area contributed by atoms with E-state index in [1.807, 2.05) is 23.9 Å². The molecule has 3 aromatic heterocycles. The van der Waals surface area contributed by atoms with Gasteiger partial charge < -0.3 is 8.98 Å². The normalized spacial score (nSPS) is 19.0. The van der Waals surface area contributed by atoms with Crippen LogP contribution < -0.4 is 0 Å².